The number of hydrogen-bond donors (Lipinski definition) is 0. The fraction of sp³-hybridized carbons (Fsp3) is 0.176. The largest absolute Gasteiger partial charge is 0.465 e. The lowest BCUT2D eigenvalue weighted by molar-refractivity contribution is 0.0600. The number of rotatable bonds is 3. The average Bonchev–Trinajstić information content (AvgIpc) is 2.90. The van der Waals surface area contributed by atoms with Crippen LogP contribution in [0.1, 0.15) is 27.2 Å². The zero-order valence-corrected chi connectivity index (χ0v) is 12.0. The quantitative estimate of drug-likeness (QED) is 0.693. The van der Waals surface area contributed by atoms with Crippen LogP contribution in [-0.2, 0) is 11.2 Å². The summed E-state index contributed by atoms with van der Waals surface area (Å²) in [6.45, 7) is 2.07. The molecule has 0 aliphatic rings. The average molecular weight is 280 g/mol. The van der Waals surface area contributed by atoms with E-state index in [0.29, 0.717) is 5.56 Å². The van der Waals surface area contributed by atoms with Crippen molar-refractivity contribution in [1.29, 1.82) is 0 Å². The van der Waals surface area contributed by atoms with E-state index in [-0.39, 0.29) is 5.97 Å². The number of imidazole rings is 1. The molecule has 0 N–H and O–H groups in total. The molecule has 0 bridgehead atoms. The van der Waals surface area contributed by atoms with Gasteiger partial charge in [0.15, 0.2) is 0 Å². The number of methoxy groups -OCH3 is 1. The van der Waals surface area contributed by atoms with E-state index in [4.69, 9.17) is 4.74 Å². The summed E-state index contributed by atoms with van der Waals surface area (Å²) in [7, 11) is 1.38. The van der Waals surface area contributed by atoms with Gasteiger partial charge in [-0.05, 0) is 24.6 Å². The Bertz CT molecular complexity index is 788. The van der Waals surface area contributed by atoms with Gasteiger partial charge in [0.1, 0.15) is 5.65 Å². The minimum Gasteiger partial charge on any atom is -0.465 e. The molecule has 4 heteroatoms. The summed E-state index contributed by atoms with van der Waals surface area (Å²) >= 11 is 0. The molecule has 0 unspecified atom stereocenters. The van der Waals surface area contributed by atoms with Crippen LogP contribution in [0.2, 0.25) is 0 Å². The molecule has 0 atom stereocenters. The highest BCUT2D eigenvalue weighted by atomic mass is 16.5. The van der Waals surface area contributed by atoms with Crippen LogP contribution >= 0.6 is 0 Å². The highest BCUT2D eigenvalue weighted by Crippen LogP contribution is 2.13. The van der Waals surface area contributed by atoms with Crippen molar-refractivity contribution in [2.45, 2.75) is 13.3 Å². The van der Waals surface area contributed by atoms with Gasteiger partial charge in [-0.2, -0.15) is 0 Å². The SMILES string of the molecule is COC(=O)c1ccc2nc(Cc3ccc(C)cc3)cn2c1. The highest BCUT2D eigenvalue weighted by molar-refractivity contribution is 5.89. The van der Waals surface area contributed by atoms with Crippen LogP contribution in [0.5, 0.6) is 0 Å². The summed E-state index contributed by atoms with van der Waals surface area (Å²) in [5, 5.41) is 0. The topological polar surface area (TPSA) is 43.6 Å². The van der Waals surface area contributed by atoms with Crippen molar-refractivity contribution in [2.75, 3.05) is 7.11 Å². The Labute approximate surface area is 123 Å². The van der Waals surface area contributed by atoms with Crippen LogP contribution in [0.15, 0.2) is 48.8 Å². The fourth-order valence-corrected chi connectivity index (χ4v) is 2.28. The number of carbonyl (C=O) groups excluding carboxylic acids is 1. The molecule has 0 aliphatic carbocycles. The summed E-state index contributed by atoms with van der Waals surface area (Å²) < 4.78 is 6.58. The van der Waals surface area contributed by atoms with E-state index in [1.165, 1.54) is 18.2 Å². The van der Waals surface area contributed by atoms with Gasteiger partial charge in [-0.15, -0.1) is 0 Å². The molecular weight excluding hydrogens is 264 g/mol. The molecule has 4 nitrogen and oxygen atoms in total. The third-order valence-corrected chi connectivity index (χ3v) is 3.43. The normalized spacial score (nSPS) is 10.8. The molecule has 0 amide bonds. The number of carbonyl (C=O) groups is 1. The smallest absolute Gasteiger partial charge is 0.339 e. The van der Waals surface area contributed by atoms with Crippen molar-refractivity contribution in [2.24, 2.45) is 0 Å². The monoisotopic (exact) mass is 280 g/mol. The van der Waals surface area contributed by atoms with Crippen molar-refractivity contribution in [3.63, 3.8) is 0 Å². The van der Waals surface area contributed by atoms with Crippen LogP contribution in [0.3, 0.4) is 0 Å². The summed E-state index contributed by atoms with van der Waals surface area (Å²) in [6, 6.07) is 12.0. The van der Waals surface area contributed by atoms with Gasteiger partial charge in [-0.1, -0.05) is 29.8 Å². The van der Waals surface area contributed by atoms with E-state index >= 15 is 0 Å². The molecule has 2 heterocycles. The first-order chi connectivity index (χ1) is 10.2. The number of esters is 1. The van der Waals surface area contributed by atoms with E-state index in [9.17, 15) is 4.79 Å². The molecule has 2 aromatic heterocycles. The van der Waals surface area contributed by atoms with Crippen LogP contribution in [0, 0.1) is 6.92 Å². The highest BCUT2D eigenvalue weighted by Gasteiger charge is 2.08. The van der Waals surface area contributed by atoms with Crippen LogP contribution in [0.25, 0.3) is 5.65 Å². The van der Waals surface area contributed by atoms with Gasteiger partial charge in [0, 0.05) is 18.8 Å². The van der Waals surface area contributed by atoms with E-state index in [1.54, 1.807) is 12.3 Å². The van der Waals surface area contributed by atoms with Crippen molar-refractivity contribution >= 4 is 11.6 Å². The van der Waals surface area contributed by atoms with Gasteiger partial charge in [-0.25, -0.2) is 9.78 Å². The molecule has 0 aliphatic heterocycles. The van der Waals surface area contributed by atoms with Gasteiger partial charge < -0.3 is 9.14 Å². The Morgan fingerprint density at radius 3 is 2.62 bits per heavy atom. The Balaban J connectivity index is 1.90. The van der Waals surface area contributed by atoms with Crippen molar-refractivity contribution < 1.29 is 9.53 Å². The summed E-state index contributed by atoms with van der Waals surface area (Å²) in [5.41, 5.74) is 4.78. The molecule has 0 spiro atoms. The minimum atomic E-state index is -0.342. The van der Waals surface area contributed by atoms with E-state index in [1.807, 2.05) is 16.7 Å². The minimum absolute atomic E-state index is 0.342. The van der Waals surface area contributed by atoms with Gasteiger partial charge in [-0.3, -0.25) is 0 Å². The number of aromatic nitrogens is 2. The van der Waals surface area contributed by atoms with Gasteiger partial charge in [0.2, 0.25) is 0 Å². The Kier molecular flexibility index (Phi) is 3.44. The summed E-state index contributed by atoms with van der Waals surface area (Å²) in [6.07, 6.45) is 4.46. The molecule has 1 aromatic carbocycles. The number of ether oxygens (including phenoxy) is 1. The molecule has 0 saturated carbocycles. The number of nitrogens with zero attached hydrogens (tertiary/aromatic N) is 2. The van der Waals surface area contributed by atoms with Crippen molar-refractivity contribution in [1.82, 2.24) is 9.38 Å². The van der Waals surface area contributed by atoms with Crippen LogP contribution < -0.4 is 0 Å². The molecule has 3 rings (SSSR count). The summed E-state index contributed by atoms with van der Waals surface area (Å²) in [4.78, 5) is 16.1. The Hall–Kier alpha value is -2.62. The predicted molar refractivity (Wildman–Crippen MR) is 80.5 cm³/mol. The first kappa shape index (κ1) is 13.4. The summed E-state index contributed by atoms with van der Waals surface area (Å²) in [5.74, 6) is -0.342. The number of hydrogen-bond acceptors (Lipinski definition) is 3. The number of aryl methyl sites for hydroxylation is 1. The van der Waals surface area contributed by atoms with E-state index in [0.717, 1.165) is 17.8 Å². The molecular formula is C17H16N2O2. The lowest BCUT2D eigenvalue weighted by Crippen LogP contribution is -2.02. The number of benzene rings is 1. The van der Waals surface area contributed by atoms with Crippen LogP contribution in [0.4, 0.5) is 0 Å². The standard InChI is InChI=1S/C17H16N2O2/c1-12-3-5-13(6-4-12)9-15-11-19-10-14(17(20)21-2)7-8-16(19)18-15/h3-8,10-11H,9H2,1-2H3. The van der Waals surface area contributed by atoms with E-state index in [2.05, 4.69) is 36.2 Å². The third kappa shape index (κ3) is 2.79. The first-order valence-electron chi connectivity index (χ1n) is 6.77. The maximum Gasteiger partial charge on any atom is 0.339 e. The lowest BCUT2D eigenvalue weighted by Gasteiger charge is -1.99. The predicted octanol–water partition coefficient (Wildman–Crippen LogP) is 3.02. The fourth-order valence-electron chi connectivity index (χ4n) is 2.28. The molecule has 0 radical (unpaired) electrons. The second kappa shape index (κ2) is 5.40. The zero-order valence-electron chi connectivity index (χ0n) is 12.0. The van der Waals surface area contributed by atoms with Crippen molar-refractivity contribution in [3.8, 4) is 0 Å². The zero-order chi connectivity index (χ0) is 14.8. The Morgan fingerprint density at radius 2 is 1.90 bits per heavy atom. The third-order valence-electron chi connectivity index (χ3n) is 3.43. The molecule has 0 fully saturated rings. The van der Waals surface area contributed by atoms with Crippen LogP contribution in [-0.4, -0.2) is 22.5 Å². The van der Waals surface area contributed by atoms with Gasteiger partial charge in [0.05, 0.1) is 18.4 Å². The molecule has 3 aromatic rings. The molecule has 106 valence electrons. The first-order valence-corrected chi connectivity index (χ1v) is 6.77. The maximum absolute atomic E-state index is 11.5. The second-order valence-electron chi connectivity index (χ2n) is 5.07. The Morgan fingerprint density at radius 1 is 1.14 bits per heavy atom. The van der Waals surface area contributed by atoms with E-state index < -0.39 is 0 Å². The lowest BCUT2D eigenvalue weighted by atomic mass is 10.1. The van der Waals surface area contributed by atoms with Gasteiger partial charge in [0.25, 0.3) is 0 Å². The molecule has 21 heavy (non-hydrogen) atoms. The maximum atomic E-state index is 11.5. The molecule has 0 saturated heterocycles. The number of fused-ring (bicyclic) bond motifs is 1. The second-order valence-corrected chi connectivity index (χ2v) is 5.07. The van der Waals surface area contributed by atoms with Gasteiger partial charge >= 0.3 is 5.97 Å². The van der Waals surface area contributed by atoms with Crippen molar-refractivity contribution in [3.05, 3.63) is 71.2 Å². The number of pyridine rings is 1.